The molecule has 0 aliphatic carbocycles. The number of phosphoric acid groups is 3. The fourth-order valence-corrected chi connectivity index (χ4v) is 4.13. The molecule has 0 aromatic carbocycles. The quantitative estimate of drug-likeness (QED) is 0.260. The zero-order valence-electron chi connectivity index (χ0n) is 10.9. The van der Waals surface area contributed by atoms with Crippen molar-refractivity contribution in [2.75, 3.05) is 6.61 Å². The van der Waals surface area contributed by atoms with E-state index in [4.69, 9.17) is 17.5 Å². The average Bonchev–Trinajstić information content (AvgIpc) is 2.48. The van der Waals surface area contributed by atoms with E-state index in [0.29, 0.717) is 5.57 Å². The molecule has 11 nitrogen and oxygen atoms in total. The maximum absolute atomic E-state index is 11.2. The molecule has 0 bridgehead atoms. The predicted molar refractivity (Wildman–Crippen MR) is 60.0 cm³/mol. The molecule has 0 saturated heterocycles. The van der Waals surface area contributed by atoms with Crippen molar-refractivity contribution in [3.05, 3.63) is 11.6 Å². The van der Waals surface area contributed by atoms with Crippen molar-refractivity contribution in [3.8, 4) is 0 Å². The van der Waals surface area contributed by atoms with Crippen LogP contribution in [-0.2, 0) is 64.3 Å². The van der Waals surface area contributed by atoms with E-state index in [0.717, 1.165) is 0 Å². The molecule has 5 unspecified atom stereocenters. The normalized spacial score (nSPS) is 29.6. The van der Waals surface area contributed by atoms with Crippen LogP contribution in [0, 0.1) is 6.08 Å². The summed E-state index contributed by atoms with van der Waals surface area (Å²) in [6, 6.07) is -0.889. The van der Waals surface area contributed by atoms with Crippen molar-refractivity contribution in [1.29, 1.82) is 0 Å². The second kappa shape index (κ2) is 8.58. The van der Waals surface area contributed by atoms with Gasteiger partial charge in [-0.05, 0) is 0 Å². The Morgan fingerprint density at radius 1 is 1.27 bits per heavy atom. The summed E-state index contributed by atoms with van der Waals surface area (Å²) in [6.07, 6.45) is 1.69. The molecule has 3 radical (unpaired) electrons. The van der Waals surface area contributed by atoms with Gasteiger partial charge in [0.25, 0.3) is 23.5 Å². The molecule has 16 heteroatoms. The maximum Gasteiger partial charge on any atom is 0.280 e. The standard InChI is InChI=1S/C6H11BO11P3.Y/c1-4-2-6(7)16-5(4)3-15-20(11,12)18-21(13,14)17-19(8,9)10;/h5-6H,3H2,1H3,(H,11,12)(H,13,14)(H2,8,9,10);/q-1;/p-3. The zero-order chi connectivity index (χ0) is 16.5. The monoisotopic (exact) mass is 449 g/mol. The van der Waals surface area contributed by atoms with Crippen LogP contribution in [0.15, 0.2) is 5.57 Å². The molecule has 0 aromatic heterocycles. The molecule has 0 saturated carbocycles. The summed E-state index contributed by atoms with van der Waals surface area (Å²) in [4.78, 5) is 40.5. The van der Waals surface area contributed by atoms with Gasteiger partial charge in [-0.15, -0.1) is 6.00 Å². The molecule has 22 heavy (non-hydrogen) atoms. The van der Waals surface area contributed by atoms with Gasteiger partial charge in [0.1, 0.15) is 0 Å². The molecule has 5 atom stereocenters. The molecule has 1 N–H and O–H groups in total. The fraction of sp³-hybridized carbons (Fsp3) is 0.667. The second-order valence-electron chi connectivity index (χ2n) is 3.69. The number of hydrogen-bond donors (Lipinski definition) is 1. The van der Waals surface area contributed by atoms with Crippen LogP contribution in [0.2, 0.25) is 0 Å². The molecular weight excluding hydrogens is 441 g/mol. The summed E-state index contributed by atoms with van der Waals surface area (Å²) in [5, 5.41) is 0. The second-order valence-corrected chi connectivity index (χ2v) is 7.99. The number of rotatable bonds is 7. The summed E-state index contributed by atoms with van der Waals surface area (Å²) in [5.41, 5.74) is 0.420. The molecule has 1 aliphatic heterocycles. The van der Waals surface area contributed by atoms with E-state index in [9.17, 15) is 28.4 Å². The van der Waals surface area contributed by atoms with Crippen LogP contribution >= 0.6 is 23.5 Å². The molecule has 1 heterocycles. The Morgan fingerprint density at radius 2 is 1.82 bits per heavy atom. The first-order chi connectivity index (χ1) is 9.30. The Kier molecular flexibility index (Phi) is 9.08. The topological polar surface area (TPSA) is 178 Å². The van der Waals surface area contributed by atoms with E-state index in [1.54, 1.807) is 0 Å². The maximum atomic E-state index is 11.2. The summed E-state index contributed by atoms with van der Waals surface area (Å²) in [6.45, 7) is 0.833. The summed E-state index contributed by atoms with van der Waals surface area (Å²) >= 11 is 0. The van der Waals surface area contributed by atoms with Crippen LogP contribution in [0.4, 0.5) is 0 Å². The van der Waals surface area contributed by atoms with Gasteiger partial charge in [-0.1, -0.05) is 6.92 Å². The third kappa shape index (κ3) is 8.94. The van der Waals surface area contributed by atoms with Gasteiger partial charge in [-0.25, -0.2) is 14.2 Å². The van der Waals surface area contributed by atoms with Crippen molar-refractivity contribution < 1.29 is 83.9 Å². The average molecular weight is 449 g/mol. The van der Waals surface area contributed by atoms with E-state index >= 15 is 0 Å². The van der Waals surface area contributed by atoms with Gasteiger partial charge in [0.15, 0.2) is 0 Å². The van der Waals surface area contributed by atoms with Crippen LogP contribution < -0.4 is 14.7 Å². The van der Waals surface area contributed by atoms with Crippen molar-refractivity contribution in [1.82, 2.24) is 0 Å². The third-order valence-electron chi connectivity index (χ3n) is 1.95. The van der Waals surface area contributed by atoms with Crippen LogP contribution in [0.25, 0.3) is 0 Å². The number of hydrogen-bond acceptors (Lipinski definition) is 10. The van der Waals surface area contributed by atoms with Gasteiger partial charge in [-0.2, -0.15) is 0 Å². The van der Waals surface area contributed by atoms with Gasteiger partial charge >= 0.3 is 0 Å². The Labute approximate surface area is 152 Å². The molecule has 0 spiro atoms. The molecule has 0 fully saturated rings. The molecular formula is C6H8BO11P3Y-4. The van der Waals surface area contributed by atoms with E-state index in [2.05, 4.69) is 19.2 Å². The Hall–Kier alpha value is 1.28. The van der Waals surface area contributed by atoms with Crippen molar-refractivity contribution in [3.63, 3.8) is 0 Å². The summed E-state index contributed by atoms with van der Waals surface area (Å²) in [5.74, 6) is 0. The predicted octanol–water partition coefficient (Wildman–Crippen LogP) is -1.93. The molecule has 0 aromatic rings. The minimum Gasteiger partial charge on any atom is -0.756 e. The largest absolute Gasteiger partial charge is 0.756 e. The molecule has 1 rings (SSSR count). The zero-order valence-corrected chi connectivity index (χ0v) is 16.4. The smallest absolute Gasteiger partial charge is 0.280 e. The molecule has 0 amide bonds. The van der Waals surface area contributed by atoms with Gasteiger partial charge in [0, 0.05) is 32.7 Å². The third-order valence-corrected chi connectivity index (χ3v) is 5.64. The molecule has 1 aliphatic rings. The van der Waals surface area contributed by atoms with Crippen molar-refractivity contribution >= 4 is 31.3 Å². The van der Waals surface area contributed by atoms with Crippen LogP contribution in [0.5, 0.6) is 0 Å². The summed E-state index contributed by atoms with van der Waals surface area (Å²) < 4.78 is 48.0. The number of phosphoric ester groups is 1. The van der Waals surface area contributed by atoms with E-state index in [-0.39, 0.29) is 32.7 Å². The van der Waals surface area contributed by atoms with Gasteiger partial charge in [0.2, 0.25) is 0 Å². The van der Waals surface area contributed by atoms with Crippen LogP contribution in [0.3, 0.4) is 0 Å². The Balaban J connectivity index is 0.00000441. The van der Waals surface area contributed by atoms with Crippen molar-refractivity contribution in [2.24, 2.45) is 0 Å². The first-order valence-corrected chi connectivity index (χ1v) is 9.45. The van der Waals surface area contributed by atoms with Crippen LogP contribution in [0.1, 0.15) is 6.92 Å². The fourth-order valence-electron chi connectivity index (χ4n) is 1.24. The van der Waals surface area contributed by atoms with E-state index < -0.39 is 42.2 Å². The summed E-state index contributed by atoms with van der Waals surface area (Å²) in [7, 11) is -11.8. The van der Waals surface area contributed by atoms with Crippen molar-refractivity contribution in [2.45, 2.75) is 19.0 Å². The van der Waals surface area contributed by atoms with Gasteiger partial charge in [-0.3, -0.25) is 13.7 Å². The van der Waals surface area contributed by atoms with Gasteiger partial charge < -0.3 is 34.9 Å². The van der Waals surface area contributed by atoms with Gasteiger partial charge in [0.05, 0.1) is 20.6 Å². The van der Waals surface area contributed by atoms with E-state index in [1.807, 2.05) is 0 Å². The molecule has 123 valence electrons. The first kappa shape index (κ1) is 23.3. The Bertz CT molecular complexity index is 560. The number of ether oxygens (including phenoxy) is 1. The minimum absolute atomic E-state index is 0. The van der Waals surface area contributed by atoms with E-state index in [1.165, 1.54) is 6.92 Å². The SMILES string of the molecule is [B]C1[C-]=C(C)C(COP(=O)([O-])OP(=O)([O-])OP(=O)([O-])O)O1.[Y]. The Morgan fingerprint density at radius 3 is 2.23 bits per heavy atom. The van der Waals surface area contributed by atoms with Crippen LogP contribution in [-0.4, -0.2) is 31.5 Å². The first-order valence-electron chi connectivity index (χ1n) is 5.04. The minimum atomic E-state index is -5.89.